The summed E-state index contributed by atoms with van der Waals surface area (Å²) >= 11 is 0. The van der Waals surface area contributed by atoms with Gasteiger partial charge in [0.2, 0.25) is 0 Å². The zero-order chi connectivity index (χ0) is 14.6. The summed E-state index contributed by atoms with van der Waals surface area (Å²) in [4.78, 5) is 12.7. The molecule has 2 rings (SSSR count). The summed E-state index contributed by atoms with van der Waals surface area (Å²) in [5, 5.41) is 32.7. The van der Waals surface area contributed by atoms with Gasteiger partial charge < -0.3 is 5.21 Å². The van der Waals surface area contributed by atoms with Crippen LogP contribution in [0.4, 0.5) is 5.69 Å². The third kappa shape index (κ3) is 3.16. The number of nitrogens with zero attached hydrogens (tertiary/aromatic N) is 2. The van der Waals surface area contributed by atoms with Crippen molar-refractivity contribution in [1.82, 2.24) is 4.97 Å². The molecule has 2 unspecified atom stereocenters. The van der Waals surface area contributed by atoms with Crippen molar-refractivity contribution in [2.45, 2.75) is 6.23 Å². The van der Waals surface area contributed by atoms with Crippen molar-refractivity contribution in [3.63, 3.8) is 0 Å². The molecule has 7 nitrogen and oxygen atoms in total. The quantitative estimate of drug-likeness (QED) is 0.392. The lowest BCUT2D eigenvalue weighted by molar-refractivity contribution is -0.616. The van der Waals surface area contributed by atoms with Crippen LogP contribution in [0.2, 0.25) is 0 Å². The van der Waals surface area contributed by atoms with E-state index in [1.54, 1.807) is 24.3 Å². The van der Waals surface area contributed by atoms with E-state index in [2.05, 4.69) is 0 Å². The van der Waals surface area contributed by atoms with Gasteiger partial charge in [-0.05, 0) is 17.1 Å². The maximum atomic E-state index is 12.0. The lowest BCUT2D eigenvalue weighted by Crippen LogP contribution is -2.42. The van der Waals surface area contributed by atoms with Crippen molar-refractivity contribution in [3.05, 3.63) is 81.5 Å². The Labute approximate surface area is 114 Å². The lowest BCUT2D eigenvalue weighted by atomic mass is 10.2. The average Bonchev–Trinajstić information content (AvgIpc) is 2.46. The van der Waals surface area contributed by atoms with Crippen molar-refractivity contribution in [2.75, 3.05) is 0 Å². The number of rotatable bonds is 5. The van der Waals surface area contributed by atoms with Gasteiger partial charge in [0.15, 0.2) is 5.69 Å². The van der Waals surface area contributed by atoms with E-state index >= 15 is 0 Å². The highest BCUT2D eigenvalue weighted by Gasteiger charge is 2.35. The van der Waals surface area contributed by atoms with Gasteiger partial charge in [0.25, 0.3) is 0 Å². The molecule has 0 saturated heterocycles. The molecule has 2 atom stereocenters. The van der Waals surface area contributed by atoms with Crippen LogP contribution in [0.25, 0.3) is 0 Å². The first kappa shape index (κ1) is 14.1. The van der Waals surface area contributed by atoms with Gasteiger partial charge in [-0.3, -0.25) is 10.1 Å². The number of nitro groups is 1. The largest absolute Gasteiger partial charge is 0.558 e. The molecule has 0 bridgehead atoms. The molecule has 0 fully saturated rings. The second-order valence-corrected chi connectivity index (χ2v) is 4.01. The Hall–Kier alpha value is -2.32. The fraction of sp³-hybridized carbons (Fsp3) is 0.0769. The molecule has 2 aromatic carbocycles. The standard InChI is InChI=1S/C13H12N2O5/c16-14(17)13(11-7-3-1-4-8-11)20-15(18,19)12-9-5-2-6-10-12/h1-10,13,18H. The number of hydrogen-bond acceptors (Lipinski definition) is 5. The molecular weight excluding hydrogens is 264 g/mol. The molecular formula is C13H12N2O5. The van der Waals surface area contributed by atoms with E-state index in [1.165, 1.54) is 36.4 Å². The van der Waals surface area contributed by atoms with Gasteiger partial charge in [0, 0.05) is 12.1 Å². The smallest absolute Gasteiger partial charge is 0.392 e. The first-order valence-corrected chi connectivity index (χ1v) is 5.76. The maximum absolute atomic E-state index is 12.0. The second-order valence-electron chi connectivity index (χ2n) is 4.01. The Morgan fingerprint density at radius 1 is 1.05 bits per heavy atom. The topological polar surface area (TPSA) is 95.7 Å². The summed E-state index contributed by atoms with van der Waals surface area (Å²) < 4.78 is 0. The van der Waals surface area contributed by atoms with Crippen LogP contribution in [0, 0.1) is 15.3 Å². The van der Waals surface area contributed by atoms with Crippen molar-refractivity contribution in [1.29, 1.82) is 0 Å². The first-order chi connectivity index (χ1) is 9.50. The molecule has 0 saturated carbocycles. The highest BCUT2D eigenvalue weighted by molar-refractivity contribution is 5.38. The minimum Gasteiger partial charge on any atom is -0.558 e. The third-order valence-corrected chi connectivity index (χ3v) is 2.60. The van der Waals surface area contributed by atoms with E-state index in [4.69, 9.17) is 4.84 Å². The molecule has 0 aliphatic rings. The monoisotopic (exact) mass is 276 g/mol. The minimum absolute atomic E-state index is 0.157. The van der Waals surface area contributed by atoms with E-state index in [1.807, 2.05) is 0 Å². The Kier molecular flexibility index (Phi) is 4.06. The van der Waals surface area contributed by atoms with Gasteiger partial charge in [-0.2, -0.15) is 5.21 Å². The normalized spacial score (nSPS) is 15.3. The van der Waals surface area contributed by atoms with Crippen LogP contribution in [0.3, 0.4) is 0 Å². The van der Waals surface area contributed by atoms with E-state index in [-0.39, 0.29) is 11.3 Å². The Morgan fingerprint density at radius 2 is 1.55 bits per heavy atom. The van der Waals surface area contributed by atoms with Crippen LogP contribution in [0.1, 0.15) is 11.8 Å². The highest BCUT2D eigenvalue weighted by atomic mass is 17.1. The molecule has 0 spiro atoms. The third-order valence-electron chi connectivity index (χ3n) is 2.60. The van der Waals surface area contributed by atoms with Gasteiger partial charge in [0.1, 0.15) is 0 Å². The Balaban J connectivity index is 2.27. The molecule has 1 N–H and O–H groups in total. The Bertz CT molecular complexity index is 574. The molecule has 0 heterocycles. The van der Waals surface area contributed by atoms with Crippen LogP contribution in [0.5, 0.6) is 0 Å². The van der Waals surface area contributed by atoms with Crippen LogP contribution >= 0.6 is 0 Å². The number of quaternary nitrogens is 1. The zero-order valence-corrected chi connectivity index (χ0v) is 10.3. The SMILES string of the molecule is O=[N+]([O-])C(O[N+]([O-])(O)c1ccccc1)c1ccccc1. The lowest BCUT2D eigenvalue weighted by Gasteiger charge is -2.29. The molecule has 7 heteroatoms. The molecule has 0 radical (unpaired) electrons. The summed E-state index contributed by atoms with van der Waals surface area (Å²) in [5.41, 5.74) is 0.0103. The maximum Gasteiger partial charge on any atom is 0.392 e. The van der Waals surface area contributed by atoms with Gasteiger partial charge in [0.05, 0.1) is 10.5 Å². The molecule has 0 aromatic heterocycles. The fourth-order valence-electron chi connectivity index (χ4n) is 1.65. The van der Waals surface area contributed by atoms with Crippen LogP contribution < -0.4 is 4.97 Å². The van der Waals surface area contributed by atoms with Gasteiger partial charge in [-0.1, -0.05) is 41.2 Å². The van der Waals surface area contributed by atoms with E-state index in [9.17, 15) is 20.5 Å². The van der Waals surface area contributed by atoms with Gasteiger partial charge in [-0.25, -0.2) is 0 Å². The molecule has 0 amide bonds. The van der Waals surface area contributed by atoms with Crippen LogP contribution in [-0.4, -0.2) is 10.1 Å². The minimum atomic E-state index is -2.28. The van der Waals surface area contributed by atoms with Crippen LogP contribution in [0.15, 0.2) is 60.7 Å². The highest BCUT2D eigenvalue weighted by Crippen LogP contribution is 2.27. The van der Waals surface area contributed by atoms with E-state index in [0.717, 1.165) is 0 Å². The molecule has 0 aliphatic heterocycles. The van der Waals surface area contributed by atoms with Crippen LogP contribution in [-0.2, 0) is 4.84 Å². The van der Waals surface area contributed by atoms with E-state index < -0.39 is 16.1 Å². The predicted molar refractivity (Wildman–Crippen MR) is 70.7 cm³/mol. The fourth-order valence-corrected chi connectivity index (χ4v) is 1.65. The molecule has 20 heavy (non-hydrogen) atoms. The summed E-state index contributed by atoms with van der Waals surface area (Å²) in [5.74, 6) is 0. The summed E-state index contributed by atoms with van der Waals surface area (Å²) in [6, 6.07) is 15.0. The second kappa shape index (κ2) is 5.76. The van der Waals surface area contributed by atoms with Gasteiger partial charge in [-0.15, -0.1) is 0 Å². The summed E-state index contributed by atoms with van der Waals surface area (Å²) in [6.07, 6.45) is -1.76. The summed E-state index contributed by atoms with van der Waals surface area (Å²) in [7, 11) is 0. The van der Waals surface area contributed by atoms with Crippen molar-refractivity contribution >= 4 is 5.69 Å². The molecule has 2 aromatic rings. The Morgan fingerprint density at radius 3 is 2.05 bits per heavy atom. The molecule has 104 valence electrons. The number of hydrogen-bond donors (Lipinski definition) is 1. The zero-order valence-electron chi connectivity index (χ0n) is 10.3. The first-order valence-electron chi connectivity index (χ1n) is 5.76. The van der Waals surface area contributed by atoms with Gasteiger partial charge >= 0.3 is 6.23 Å². The number of para-hydroxylation sites is 1. The average molecular weight is 276 g/mol. The van der Waals surface area contributed by atoms with Crippen molar-refractivity contribution in [3.8, 4) is 0 Å². The summed E-state index contributed by atoms with van der Waals surface area (Å²) in [6.45, 7) is 0. The predicted octanol–water partition coefficient (Wildman–Crippen LogP) is 2.79. The van der Waals surface area contributed by atoms with E-state index in [0.29, 0.717) is 0 Å². The van der Waals surface area contributed by atoms with Crippen molar-refractivity contribution in [2.24, 2.45) is 0 Å². The molecule has 0 aliphatic carbocycles. The number of benzene rings is 2. The van der Waals surface area contributed by atoms with Crippen molar-refractivity contribution < 1.29 is 15.0 Å².